The summed E-state index contributed by atoms with van der Waals surface area (Å²) in [6, 6.07) is 7.28. The number of hydroxylamine groups is 1. The minimum absolute atomic E-state index is 0.113. The molecule has 0 bridgehead atoms. The van der Waals surface area contributed by atoms with Gasteiger partial charge in [-0.1, -0.05) is 19.8 Å². The lowest BCUT2D eigenvalue weighted by molar-refractivity contribution is -0.178. The molecule has 0 saturated carbocycles. The van der Waals surface area contributed by atoms with E-state index < -0.39 is 17.7 Å². The molecule has 0 saturated heterocycles. The zero-order valence-electron chi connectivity index (χ0n) is 16.8. The molecule has 0 spiro atoms. The molecule has 0 fully saturated rings. The Labute approximate surface area is 168 Å². The molecular formula is C21H26N2O6. The Kier molecular flexibility index (Phi) is 6.24. The molecular weight excluding hydrogens is 376 g/mol. The zero-order valence-corrected chi connectivity index (χ0v) is 16.8. The molecule has 29 heavy (non-hydrogen) atoms. The number of benzene rings is 1. The monoisotopic (exact) mass is 402 g/mol. The third kappa shape index (κ3) is 4.13. The van der Waals surface area contributed by atoms with Crippen molar-refractivity contribution < 1.29 is 29.0 Å². The SMILES string of the molecule is CCCCCC1(O)OC(=O)C(C(=O)NOC)=C1c1cc2cc(OCC)ccc2[nH]1. The van der Waals surface area contributed by atoms with Crippen LogP contribution in [0.2, 0.25) is 0 Å². The van der Waals surface area contributed by atoms with Gasteiger partial charge in [0, 0.05) is 17.3 Å². The van der Waals surface area contributed by atoms with E-state index in [1.807, 2.05) is 32.0 Å². The minimum Gasteiger partial charge on any atom is -0.494 e. The van der Waals surface area contributed by atoms with Crippen LogP contribution in [0.1, 0.15) is 45.2 Å². The van der Waals surface area contributed by atoms with Gasteiger partial charge in [0.15, 0.2) is 0 Å². The number of carbonyl (C=O) groups excluding carboxylic acids is 2. The highest BCUT2D eigenvalue weighted by Gasteiger charge is 2.49. The first kappa shape index (κ1) is 20.9. The summed E-state index contributed by atoms with van der Waals surface area (Å²) in [6.45, 7) is 4.47. The van der Waals surface area contributed by atoms with Crippen molar-refractivity contribution >= 4 is 28.4 Å². The maximum absolute atomic E-state index is 12.5. The van der Waals surface area contributed by atoms with E-state index in [9.17, 15) is 14.7 Å². The Balaban J connectivity index is 2.11. The first-order valence-corrected chi connectivity index (χ1v) is 9.73. The van der Waals surface area contributed by atoms with E-state index in [4.69, 9.17) is 9.47 Å². The largest absolute Gasteiger partial charge is 0.494 e. The van der Waals surface area contributed by atoms with Crippen LogP contribution >= 0.6 is 0 Å². The van der Waals surface area contributed by atoms with Crippen molar-refractivity contribution in [1.82, 2.24) is 10.5 Å². The zero-order chi connectivity index (χ0) is 21.0. The van der Waals surface area contributed by atoms with Crippen molar-refractivity contribution in [2.45, 2.75) is 45.3 Å². The third-order valence-electron chi connectivity index (χ3n) is 4.82. The minimum atomic E-state index is -1.89. The van der Waals surface area contributed by atoms with Crippen molar-refractivity contribution in [3.8, 4) is 5.75 Å². The van der Waals surface area contributed by atoms with E-state index >= 15 is 0 Å². The van der Waals surface area contributed by atoms with E-state index in [0.29, 0.717) is 24.5 Å². The van der Waals surface area contributed by atoms with Crippen LogP contribution in [-0.2, 0) is 19.2 Å². The number of ether oxygens (including phenoxy) is 2. The molecule has 8 heteroatoms. The number of rotatable bonds is 9. The molecule has 1 atom stereocenters. The van der Waals surface area contributed by atoms with Crippen LogP contribution < -0.4 is 10.2 Å². The number of fused-ring (bicyclic) bond motifs is 1. The van der Waals surface area contributed by atoms with Crippen LogP contribution in [0.5, 0.6) is 5.75 Å². The van der Waals surface area contributed by atoms with Crippen LogP contribution in [0.15, 0.2) is 29.8 Å². The van der Waals surface area contributed by atoms with Gasteiger partial charge in [-0.15, -0.1) is 0 Å². The maximum atomic E-state index is 12.5. The predicted molar refractivity (Wildman–Crippen MR) is 107 cm³/mol. The first-order chi connectivity index (χ1) is 13.9. The molecule has 0 aliphatic carbocycles. The van der Waals surface area contributed by atoms with Crippen LogP contribution in [0, 0.1) is 0 Å². The average molecular weight is 402 g/mol. The quantitative estimate of drug-likeness (QED) is 0.258. The second-order valence-electron chi connectivity index (χ2n) is 6.88. The molecule has 1 aliphatic heterocycles. The van der Waals surface area contributed by atoms with Crippen molar-refractivity contribution in [3.05, 3.63) is 35.5 Å². The molecule has 1 aromatic heterocycles. The van der Waals surface area contributed by atoms with Crippen molar-refractivity contribution in [3.63, 3.8) is 0 Å². The molecule has 1 aliphatic rings. The highest BCUT2D eigenvalue weighted by atomic mass is 16.7. The van der Waals surface area contributed by atoms with E-state index in [2.05, 4.69) is 15.3 Å². The fraction of sp³-hybridized carbons (Fsp3) is 0.429. The van der Waals surface area contributed by atoms with Crippen LogP contribution in [0.25, 0.3) is 16.5 Å². The molecule has 2 heterocycles. The number of nitrogens with one attached hydrogen (secondary N) is 2. The number of aromatic amines is 1. The number of cyclic esters (lactones) is 1. The molecule has 156 valence electrons. The van der Waals surface area contributed by atoms with Crippen LogP contribution in [-0.4, -0.2) is 41.5 Å². The highest BCUT2D eigenvalue weighted by Crippen LogP contribution is 2.42. The normalized spacial score (nSPS) is 19.0. The number of unbranched alkanes of at least 4 members (excludes halogenated alkanes) is 2. The first-order valence-electron chi connectivity index (χ1n) is 9.73. The molecule has 8 nitrogen and oxygen atoms in total. The van der Waals surface area contributed by atoms with Gasteiger partial charge < -0.3 is 19.6 Å². The average Bonchev–Trinajstić information content (AvgIpc) is 3.19. The Morgan fingerprint density at radius 2 is 2.07 bits per heavy atom. The van der Waals surface area contributed by atoms with Crippen LogP contribution in [0.3, 0.4) is 0 Å². The summed E-state index contributed by atoms with van der Waals surface area (Å²) in [7, 11) is 1.27. The number of aliphatic hydroxyl groups is 1. The van der Waals surface area contributed by atoms with E-state index in [-0.39, 0.29) is 17.6 Å². The number of amides is 1. The molecule has 1 aromatic carbocycles. The smallest absolute Gasteiger partial charge is 0.347 e. The summed E-state index contributed by atoms with van der Waals surface area (Å²) in [5.41, 5.74) is 3.18. The van der Waals surface area contributed by atoms with Crippen molar-refractivity contribution in [2.24, 2.45) is 0 Å². The lowest BCUT2D eigenvalue weighted by atomic mass is 9.94. The summed E-state index contributed by atoms with van der Waals surface area (Å²) in [4.78, 5) is 32.8. The number of H-pyrrole nitrogens is 1. The topological polar surface area (TPSA) is 110 Å². The van der Waals surface area contributed by atoms with Gasteiger partial charge in [-0.05, 0) is 37.6 Å². The standard InChI is InChI=1S/C21H26N2O6/c1-4-6-7-10-21(26)18(17(20(25)29-21)19(24)23-27-3)16-12-13-11-14(28-5-2)8-9-15(13)22-16/h8-9,11-12,22,26H,4-7,10H2,1-3H3,(H,23,24). The molecule has 0 radical (unpaired) electrons. The summed E-state index contributed by atoms with van der Waals surface area (Å²) in [5, 5.41) is 12.0. The number of esters is 1. The lowest BCUT2D eigenvalue weighted by Gasteiger charge is -2.24. The molecule has 2 aromatic rings. The summed E-state index contributed by atoms with van der Waals surface area (Å²) in [6.07, 6.45) is 2.62. The molecule has 3 rings (SSSR count). The van der Waals surface area contributed by atoms with Gasteiger partial charge >= 0.3 is 5.97 Å². The summed E-state index contributed by atoms with van der Waals surface area (Å²) in [5.74, 6) is -2.85. The van der Waals surface area contributed by atoms with Gasteiger partial charge in [0.05, 0.1) is 25.0 Å². The van der Waals surface area contributed by atoms with Gasteiger partial charge in [0.25, 0.3) is 5.91 Å². The fourth-order valence-corrected chi connectivity index (χ4v) is 3.54. The van der Waals surface area contributed by atoms with Gasteiger partial charge in [-0.2, -0.15) is 0 Å². The lowest BCUT2D eigenvalue weighted by Crippen LogP contribution is -2.31. The summed E-state index contributed by atoms with van der Waals surface area (Å²) < 4.78 is 10.8. The van der Waals surface area contributed by atoms with Crippen molar-refractivity contribution in [2.75, 3.05) is 13.7 Å². The Bertz CT molecular complexity index is 948. The highest BCUT2D eigenvalue weighted by molar-refractivity contribution is 6.24. The van der Waals surface area contributed by atoms with Gasteiger partial charge in [-0.25, -0.2) is 10.3 Å². The third-order valence-corrected chi connectivity index (χ3v) is 4.82. The fourth-order valence-electron chi connectivity index (χ4n) is 3.54. The number of aromatic nitrogens is 1. The van der Waals surface area contributed by atoms with E-state index in [1.165, 1.54) is 7.11 Å². The summed E-state index contributed by atoms with van der Waals surface area (Å²) >= 11 is 0. The van der Waals surface area contributed by atoms with E-state index in [1.54, 1.807) is 6.07 Å². The van der Waals surface area contributed by atoms with Crippen LogP contribution in [0.4, 0.5) is 0 Å². The Morgan fingerprint density at radius 3 is 2.76 bits per heavy atom. The number of hydrogen-bond acceptors (Lipinski definition) is 6. The number of carbonyl (C=O) groups is 2. The predicted octanol–water partition coefficient (Wildman–Crippen LogP) is 2.82. The van der Waals surface area contributed by atoms with Crippen molar-refractivity contribution in [1.29, 1.82) is 0 Å². The Morgan fingerprint density at radius 1 is 1.28 bits per heavy atom. The van der Waals surface area contributed by atoms with E-state index in [0.717, 1.165) is 23.7 Å². The molecule has 1 unspecified atom stereocenters. The van der Waals surface area contributed by atoms with Gasteiger partial charge in [-0.3, -0.25) is 9.63 Å². The maximum Gasteiger partial charge on any atom is 0.347 e. The second kappa shape index (κ2) is 8.67. The second-order valence-corrected chi connectivity index (χ2v) is 6.88. The molecule has 1 amide bonds. The Hall–Kier alpha value is -2.84. The van der Waals surface area contributed by atoms with Gasteiger partial charge in [0.1, 0.15) is 11.3 Å². The van der Waals surface area contributed by atoms with Gasteiger partial charge in [0.2, 0.25) is 5.79 Å². The number of hydrogen-bond donors (Lipinski definition) is 3. The molecule has 3 N–H and O–H groups in total.